The zero-order valence-corrected chi connectivity index (χ0v) is 12.5. The third-order valence-corrected chi connectivity index (χ3v) is 3.56. The van der Waals surface area contributed by atoms with Gasteiger partial charge in [-0.05, 0) is 52.4 Å². The van der Waals surface area contributed by atoms with Crippen LogP contribution in [0.3, 0.4) is 0 Å². The molecule has 0 radical (unpaired) electrons. The maximum atomic E-state index is 5.80. The summed E-state index contributed by atoms with van der Waals surface area (Å²) in [5.41, 5.74) is 2.63. The van der Waals surface area contributed by atoms with Crippen molar-refractivity contribution in [3.63, 3.8) is 0 Å². The van der Waals surface area contributed by atoms with Gasteiger partial charge in [0.15, 0.2) is 0 Å². The van der Waals surface area contributed by atoms with E-state index in [0.29, 0.717) is 18.2 Å². The van der Waals surface area contributed by atoms with Crippen LogP contribution < -0.4 is 5.32 Å². The van der Waals surface area contributed by atoms with Crippen LogP contribution >= 0.6 is 0 Å². The van der Waals surface area contributed by atoms with Crippen molar-refractivity contribution >= 4 is 5.69 Å². The first-order valence-corrected chi connectivity index (χ1v) is 7.19. The first-order valence-electron chi connectivity index (χ1n) is 7.19. The maximum Gasteiger partial charge on any atom is 0.0570 e. The molecule has 1 aliphatic rings. The fraction of sp³-hybridized carbons (Fsp3) is 0.625. The number of benzene rings is 1. The van der Waals surface area contributed by atoms with Crippen LogP contribution in [0.25, 0.3) is 0 Å². The molecule has 0 bridgehead atoms. The third-order valence-electron chi connectivity index (χ3n) is 3.56. The van der Waals surface area contributed by atoms with E-state index >= 15 is 0 Å². The molecular formula is C16H26N2O. The molecule has 3 heteroatoms. The molecule has 2 atom stereocenters. The summed E-state index contributed by atoms with van der Waals surface area (Å²) in [5, 5.41) is 3.71. The minimum absolute atomic E-state index is 0.349. The lowest BCUT2D eigenvalue weighted by Gasteiger charge is -2.33. The molecule has 0 saturated carbocycles. The predicted octanol–water partition coefficient (Wildman–Crippen LogP) is 3.12. The van der Waals surface area contributed by atoms with Crippen molar-refractivity contribution in [2.45, 2.75) is 51.5 Å². The molecule has 0 aliphatic carbocycles. The molecule has 1 heterocycles. The van der Waals surface area contributed by atoms with Gasteiger partial charge in [0.05, 0.1) is 12.2 Å². The van der Waals surface area contributed by atoms with Gasteiger partial charge < -0.3 is 15.0 Å². The summed E-state index contributed by atoms with van der Waals surface area (Å²) in [5.74, 6) is 0. The van der Waals surface area contributed by atoms with Gasteiger partial charge in [-0.15, -0.1) is 0 Å². The molecule has 1 aromatic rings. The summed E-state index contributed by atoms with van der Waals surface area (Å²) in [6.45, 7) is 5.30. The highest BCUT2D eigenvalue weighted by Gasteiger charge is 2.24. The molecule has 1 aromatic carbocycles. The van der Waals surface area contributed by atoms with Crippen molar-refractivity contribution in [3.8, 4) is 0 Å². The van der Waals surface area contributed by atoms with E-state index in [9.17, 15) is 0 Å². The van der Waals surface area contributed by atoms with Crippen molar-refractivity contribution in [1.29, 1.82) is 0 Å². The summed E-state index contributed by atoms with van der Waals surface area (Å²) in [4.78, 5) is 2.20. The number of ether oxygens (including phenoxy) is 1. The number of nitrogens with one attached hydrogen (secondary N) is 1. The smallest absolute Gasteiger partial charge is 0.0570 e. The van der Waals surface area contributed by atoms with E-state index in [4.69, 9.17) is 4.74 Å². The molecule has 1 N–H and O–H groups in total. The van der Waals surface area contributed by atoms with Crippen LogP contribution in [0.15, 0.2) is 24.3 Å². The Balaban J connectivity index is 2.05. The number of hydrogen-bond acceptors (Lipinski definition) is 3. The highest BCUT2D eigenvalue weighted by Crippen LogP contribution is 2.24. The summed E-state index contributed by atoms with van der Waals surface area (Å²) < 4.78 is 5.80. The van der Waals surface area contributed by atoms with Crippen LogP contribution in [0.5, 0.6) is 0 Å². The van der Waals surface area contributed by atoms with E-state index < -0.39 is 0 Å². The molecule has 3 nitrogen and oxygen atoms in total. The Kier molecular flexibility index (Phi) is 4.83. The van der Waals surface area contributed by atoms with E-state index in [-0.39, 0.29) is 0 Å². The summed E-state index contributed by atoms with van der Waals surface area (Å²) in [6, 6.07) is 9.12. The number of para-hydroxylation sites is 1. The Morgan fingerprint density at radius 3 is 2.42 bits per heavy atom. The standard InChI is InChI=1S/C16H26N2O/c1-12-9-15(10-13(2)19-12)17-16-8-6-5-7-14(16)11-18(3)4/h5-8,12-13,15,17H,9-11H2,1-4H3. The summed E-state index contributed by atoms with van der Waals surface area (Å²) in [7, 11) is 4.21. The van der Waals surface area contributed by atoms with Gasteiger partial charge in [-0.2, -0.15) is 0 Å². The fourth-order valence-corrected chi connectivity index (χ4v) is 2.88. The molecule has 1 saturated heterocycles. The van der Waals surface area contributed by atoms with Crippen molar-refractivity contribution in [2.75, 3.05) is 19.4 Å². The van der Waals surface area contributed by atoms with Gasteiger partial charge >= 0.3 is 0 Å². The van der Waals surface area contributed by atoms with Crippen LogP contribution in [-0.2, 0) is 11.3 Å². The molecule has 0 amide bonds. The van der Waals surface area contributed by atoms with E-state index in [1.54, 1.807) is 0 Å². The molecule has 1 fully saturated rings. The third kappa shape index (κ3) is 4.22. The van der Waals surface area contributed by atoms with Gasteiger partial charge in [-0.1, -0.05) is 18.2 Å². The lowest BCUT2D eigenvalue weighted by Crippen LogP contribution is -2.37. The Labute approximate surface area is 116 Å². The van der Waals surface area contributed by atoms with Gasteiger partial charge in [0.25, 0.3) is 0 Å². The highest BCUT2D eigenvalue weighted by atomic mass is 16.5. The summed E-state index contributed by atoms with van der Waals surface area (Å²) in [6.07, 6.45) is 2.87. The van der Waals surface area contributed by atoms with Crippen molar-refractivity contribution < 1.29 is 4.74 Å². The second-order valence-corrected chi connectivity index (χ2v) is 5.96. The second-order valence-electron chi connectivity index (χ2n) is 5.96. The van der Waals surface area contributed by atoms with Gasteiger partial charge in [-0.25, -0.2) is 0 Å². The minimum Gasteiger partial charge on any atom is -0.382 e. The van der Waals surface area contributed by atoms with E-state index in [0.717, 1.165) is 19.4 Å². The SMILES string of the molecule is CC1CC(Nc2ccccc2CN(C)C)CC(C)O1. The van der Waals surface area contributed by atoms with Crippen molar-refractivity contribution in [3.05, 3.63) is 29.8 Å². The zero-order chi connectivity index (χ0) is 13.8. The van der Waals surface area contributed by atoms with Crippen LogP contribution in [0.4, 0.5) is 5.69 Å². The number of rotatable bonds is 4. The molecule has 1 aliphatic heterocycles. The number of anilines is 1. The molecular weight excluding hydrogens is 236 g/mol. The van der Waals surface area contributed by atoms with Gasteiger partial charge in [-0.3, -0.25) is 0 Å². The topological polar surface area (TPSA) is 24.5 Å². The second kappa shape index (κ2) is 6.40. The van der Waals surface area contributed by atoms with Gasteiger partial charge in [0.2, 0.25) is 0 Å². The molecule has 2 rings (SSSR count). The first-order chi connectivity index (χ1) is 9.04. The quantitative estimate of drug-likeness (QED) is 0.902. The van der Waals surface area contributed by atoms with Gasteiger partial charge in [0.1, 0.15) is 0 Å². The van der Waals surface area contributed by atoms with Crippen molar-refractivity contribution in [2.24, 2.45) is 0 Å². The summed E-state index contributed by atoms with van der Waals surface area (Å²) >= 11 is 0. The van der Waals surface area contributed by atoms with Crippen LogP contribution in [0.1, 0.15) is 32.3 Å². The van der Waals surface area contributed by atoms with Crippen LogP contribution in [0.2, 0.25) is 0 Å². The Morgan fingerprint density at radius 2 is 1.79 bits per heavy atom. The van der Waals surface area contributed by atoms with E-state index in [1.165, 1.54) is 11.3 Å². The maximum absolute atomic E-state index is 5.80. The largest absolute Gasteiger partial charge is 0.382 e. The Hall–Kier alpha value is -1.06. The first kappa shape index (κ1) is 14.4. The lowest BCUT2D eigenvalue weighted by molar-refractivity contribution is -0.0337. The molecule has 0 spiro atoms. The van der Waals surface area contributed by atoms with Gasteiger partial charge in [0, 0.05) is 18.3 Å². The predicted molar refractivity (Wildman–Crippen MR) is 80.5 cm³/mol. The molecule has 106 valence electrons. The Bertz CT molecular complexity index is 395. The van der Waals surface area contributed by atoms with E-state index in [1.807, 2.05) is 0 Å². The van der Waals surface area contributed by atoms with Crippen LogP contribution in [-0.4, -0.2) is 37.2 Å². The van der Waals surface area contributed by atoms with Crippen molar-refractivity contribution in [1.82, 2.24) is 4.90 Å². The normalized spacial score (nSPS) is 27.5. The van der Waals surface area contributed by atoms with E-state index in [2.05, 4.69) is 62.4 Å². The average Bonchev–Trinajstić information content (AvgIpc) is 2.29. The monoisotopic (exact) mass is 262 g/mol. The molecule has 19 heavy (non-hydrogen) atoms. The highest BCUT2D eigenvalue weighted by molar-refractivity contribution is 5.51. The zero-order valence-electron chi connectivity index (χ0n) is 12.5. The fourth-order valence-electron chi connectivity index (χ4n) is 2.88. The molecule has 2 unspecified atom stereocenters. The average molecular weight is 262 g/mol. The molecule has 0 aromatic heterocycles. The minimum atomic E-state index is 0.349. The number of nitrogens with zero attached hydrogens (tertiary/aromatic N) is 1. The number of hydrogen-bond donors (Lipinski definition) is 1. The Morgan fingerprint density at radius 1 is 1.16 bits per heavy atom. The lowest BCUT2D eigenvalue weighted by atomic mass is 9.99. The van der Waals surface area contributed by atoms with Crippen LogP contribution in [0, 0.1) is 0 Å².